The van der Waals surface area contributed by atoms with E-state index in [9.17, 15) is 35.9 Å². The first-order chi connectivity index (χ1) is 24.6. The summed E-state index contributed by atoms with van der Waals surface area (Å²) >= 11 is 0. The van der Waals surface area contributed by atoms with Gasteiger partial charge >= 0.3 is 53.8 Å². The molecule has 6 rings (SSSR count). The minimum atomic E-state index is -4.49. The fourth-order valence-electron chi connectivity index (χ4n) is 4.93. The zero-order valence-corrected chi connectivity index (χ0v) is 30.0. The van der Waals surface area contributed by atoms with Crippen molar-refractivity contribution in [3.05, 3.63) is 118 Å². The van der Waals surface area contributed by atoms with Crippen molar-refractivity contribution in [1.29, 1.82) is 10.5 Å². The first kappa shape index (κ1) is 42.6. The van der Waals surface area contributed by atoms with Crippen LogP contribution in [0.15, 0.2) is 73.3 Å². The number of hydrogen-bond donors (Lipinski definition) is 1. The van der Waals surface area contributed by atoms with Crippen molar-refractivity contribution in [2.45, 2.75) is 32.4 Å². The number of carboxylic acid groups (broad SMARTS) is 1. The number of nitriles is 2. The summed E-state index contributed by atoms with van der Waals surface area (Å²) in [5, 5.41) is 35.5. The summed E-state index contributed by atoms with van der Waals surface area (Å²) in [6.07, 6.45) is -4.82. The predicted molar refractivity (Wildman–Crippen MR) is 170 cm³/mol. The molecule has 54 heavy (non-hydrogen) atoms. The van der Waals surface area contributed by atoms with Gasteiger partial charge in [0.15, 0.2) is 11.4 Å². The Hall–Kier alpha value is -5.86. The van der Waals surface area contributed by atoms with Crippen molar-refractivity contribution < 1.29 is 80.8 Å². The third kappa shape index (κ3) is 9.96. The van der Waals surface area contributed by atoms with Gasteiger partial charge in [-0.3, -0.25) is 19.3 Å². The monoisotopic (exact) mass is 760 g/mol. The number of aromatic carboxylic acids is 1. The number of halogens is 6. The van der Waals surface area contributed by atoms with Gasteiger partial charge in [0.25, 0.3) is 0 Å². The largest absolute Gasteiger partial charge is 1.00 e. The van der Waals surface area contributed by atoms with Gasteiger partial charge in [0.2, 0.25) is 0 Å². The molecule has 6 aromatic rings. The Morgan fingerprint density at radius 2 is 1.19 bits per heavy atom. The van der Waals surface area contributed by atoms with E-state index in [1.54, 1.807) is 43.3 Å². The molecule has 0 saturated carbocycles. The molecule has 0 unspecified atom stereocenters. The van der Waals surface area contributed by atoms with Crippen molar-refractivity contribution in [1.82, 2.24) is 29.5 Å². The molecule has 272 valence electrons. The van der Waals surface area contributed by atoms with E-state index in [4.69, 9.17) is 20.4 Å². The molecule has 0 aliphatic heterocycles. The van der Waals surface area contributed by atoms with Crippen LogP contribution >= 0.6 is 0 Å². The van der Waals surface area contributed by atoms with Crippen molar-refractivity contribution in [2.24, 2.45) is 0 Å². The summed E-state index contributed by atoms with van der Waals surface area (Å²) < 4.78 is 84.4. The number of pyridine rings is 2. The molecule has 0 aliphatic carbocycles. The number of carboxylic acids is 1. The van der Waals surface area contributed by atoms with Gasteiger partial charge in [-0.05, 0) is 54.4 Å². The third-order valence-electron chi connectivity index (χ3n) is 7.30. The zero-order chi connectivity index (χ0) is 37.8. The Balaban J connectivity index is 0.000000281. The number of alkyl halides is 6. The van der Waals surface area contributed by atoms with Gasteiger partial charge in [0.05, 0.1) is 41.9 Å². The van der Waals surface area contributed by atoms with Crippen molar-refractivity contribution in [2.75, 3.05) is 6.61 Å². The van der Waals surface area contributed by atoms with E-state index in [1.165, 1.54) is 27.8 Å². The van der Waals surface area contributed by atoms with Gasteiger partial charge in [-0.15, -0.1) is 0 Å². The number of carbonyl (C=O) groups excluding carboxylic acids is 1. The summed E-state index contributed by atoms with van der Waals surface area (Å²) in [4.78, 5) is 30.5. The summed E-state index contributed by atoms with van der Waals surface area (Å²) in [6, 6.07) is 15.1. The first-order valence-electron chi connectivity index (χ1n) is 14.9. The maximum atomic E-state index is 12.9. The normalized spacial score (nSPS) is 11.0. The number of hydrogen-bond acceptors (Lipinski definition) is 10. The Morgan fingerprint density at radius 3 is 1.56 bits per heavy atom. The SMILES string of the molecule is CCOC(=O)c1cn(Cc2ccc3ncc(C(F)(F)F)cc3c2)nc1C#N.N#Cc1nn(Cc2ccc3ncc(C(F)(F)F)cc3c2)cc1C(=O)O.[Na+].[OH-]. The molecule has 0 bridgehead atoms. The molecule has 2 aromatic carbocycles. The maximum absolute atomic E-state index is 12.9. The Bertz CT molecular complexity index is 2420. The Morgan fingerprint density at radius 1 is 0.759 bits per heavy atom. The zero-order valence-electron chi connectivity index (χ0n) is 28.0. The number of carbonyl (C=O) groups is 2. The van der Waals surface area contributed by atoms with E-state index in [0.29, 0.717) is 32.9 Å². The van der Waals surface area contributed by atoms with E-state index in [1.807, 2.05) is 6.07 Å². The van der Waals surface area contributed by atoms with Crippen LogP contribution in [-0.4, -0.2) is 58.7 Å². The molecule has 0 spiro atoms. The first-order valence-corrected chi connectivity index (χ1v) is 14.9. The molecule has 2 N–H and O–H groups in total. The molecule has 0 atom stereocenters. The number of aromatic nitrogens is 6. The fraction of sp³-hybridized carbons (Fsp3) is 0.176. The summed E-state index contributed by atoms with van der Waals surface area (Å²) in [5.41, 5.74) is -0.101. The molecule has 4 aromatic heterocycles. The molecule has 0 radical (unpaired) electrons. The fourth-order valence-corrected chi connectivity index (χ4v) is 4.93. The van der Waals surface area contributed by atoms with Crippen molar-refractivity contribution >= 4 is 33.7 Å². The van der Waals surface area contributed by atoms with E-state index in [2.05, 4.69) is 20.2 Å². The average Bonchev–Trinajstić information content (AvgIpc) is 3.71. The van der Waals surface area contributed by atoms with Crippen molar-refractivity contribution in [3.63, 3.8) is 0 Å². The predicted octanol–water partition coefficient (Wildman–Crippen LogP) is 3.44. The molecule has 4 heterocycles. The van der Waals surface area contributed by atoms with Crippen LogP contribution in [0.3, 0.4) is 0 Å². The molecule has 0 fully saturated rings. The van der Waals surface area contributed by atoms with Crippen LogP contribution in [0.4, 0.5) is 26.3 Å². The standard InChI is InChI=1S/C18H13F3N4O2.C16H9F3N4O2.Na.H2O/c1-2-27-17(26)14-10-25(24-16(14)7-22)9-11-3-4-15-12(5-11)6-13(8-23-15)18(19,20)21;17-16(18,19)11-4-10-3-9(1-2-13(10)21-6-11)7-23-8-12(15(24)25)14(5-20)22-23;;/h3-6,8,10H,2,9H2,1H3;1-4,6,8H,7H2,(H,24,25);;1H2/q;;+1;/p-1. The number of nitrogens with zero attached hydrogens (tertiary/aromatic N) is 8. The van der Waals surface area contributed by atoms with Crippen LogP contribution in [0.2, 0.25) is 0 Å². The van der Waals surface area contributed by atoms with Gasteiger partial charge < -0.3 is 15.3 Å². The van der Waals surface area contributed by atoms with Crippen LogP contribution in [0.5, 0.6) is 0 Å². The summed E-state index contributed by atoms with van der Waals surface area (Å²) in [6.45, 7) is 2.08. The molecular formula is C34H23F6N8NaO5. The van der Waals surface area contributed by atoms with Crippen LogP contribution in [0.25, 0.3) is 21.8 Å². The molecule has 0 amide bonds. The van der Waals surface area contributed by atoms with Gasteiger partial charge in [-0.1, -0.05) is 12.1 Å². The number of esters is 1. The third-order valence-corrected chi connectivity index (χ3v) is 7.30. The Kier molecular flexibility index (Phi) is 13.6. The van der Waals surface area contributed by atoms with Crippen LogP contribution in [0, 0.1) is 22.7 Å². The van der Waals surface area contributed by atoms with Gasteiger partial charge in [-0.2, -0.15) is 47.1 Å². The van der Waals surface area contributed by atoms with E-state index in [0.717, 1.165) is 24.5 Å². The van der Waals surface area contributed by atoms with Gasteiger partial charge in [-0.25, -0.2) is 9.59 Å². The summed E-state index contributed by atoms with van der Waals surface area (Å²) in [5.74, 6) is -1.93. The quantitative estimate of drug-likeness (QED) is 0.142. The number of fused-ring (bicyclic) bond motifs is 2. The van der Waals surface area contributed by atoms with E-state index < -0.39 is 35.4 Å². The van der Waals surface area contributed by atoms with E-state index in [-0.39, 0.29) is 77.2 Å². The minimum Gasteiger partial charge on any atom is -0.870 e. The average molecular weight is 761 g/mol. The van der Waals surface area contributed by atoms with Crippen LogP contribution in [0.1, 0.15) is 61.3 Å². The summed E-state index contributed by atoms with van der Waals surface area (Å²) in [7, 11) is 0. The molecule has 0 saturated heterocycles. The number of rotatable bonds is 7. The van der Waals surface area contributed by atoms with Crippen LogP contribution < -0.4 is 29.6 Å². The van der Waals surface area contributed by atoms with E-state index >= 15 is 0 Å². The van der Waals surface area contributed by atoms with Gasteiger partial charge in [0, 0.05) is 35.6 Å². The second-order valence-electron chi connectivity index (χ2n) is 10.9. The Labute approximate surface area is 322 Å². The number of ether oxygens (including phenoxy) is 1. The van der Waals surface area contributed by atoms with Gasteiger partial charge in [0.1, 0.15) is 23.3 Å². The topological polar surface area (TPSA) is 203 Å². The maximum Gasteiger partial charge on any atom is 1.00 e. The molecular weight excluding hydrogens is 737 g/mol. The second kappa shape index (κ2) is 17.3. The minimum absolute atomic E-state index is 0. The van der Waals surface area contributed by atoms with Crippen molar-refractivity contribution in [3.8, 4) is 12.1 Å². The molecule has 0 aliphatic rings. The smallest absolute Gasteiger partial charge is 0.870 e. The number of benzene rings is 2. The molecule has 20 heteroatoms. The van der Waals surface area contributed by atoms with Crippen LogP contribution in [-0.2, 0) is 30.2 Å². The second-order valence-corrected chi connectivity index (χ2v) is 10.9. The molecule has 13 nitrogen and oxygen atoms in total.